The zero-order chi connectivity index (χ0) is 12.9. The lowest BCUT2D eigenvalue weighted by Crippen LogP contribution is -2.41. The number of hydrogen-bond acceptors (Lipinski definition) is 2. The van der Waals surface area contributed by atoms with E-state index in [4.69, 9.17) is 0 Å². The Morgan fingerprint density at radius 2 is 1.88 bits per heavy atom. The van der Waals surface area contributed by atoms with E-state index in [1.54, 1.807) is 12.1 Å². The largest absolute Gasteiger partial charge is 0.387 e. The van der Waals surface area contributed by atoms with Crippen LogP contribution >= 0.6 is 0 Å². The molecule has 0 aromatic heterocycles. The zero-order valence-electron chi connectivity index (χ0n) is 10.8. The third kappa shape index (κ3) is 4.84. The molecule has 0 saturated heterocycles. The van der Waals surface area contributed by atoms with Gasteiger partial charge in [-0.3, -0.25) is 0 Å². The summed E-state index contributed by atoms with van der Waals surface area (Å²) in [6.07, 6.45) is 1.57. The number of hydrogen-bond donors (Lipinski definition) is 2. The summed E-state index contributed by atoms with van der Waals surface area (Å²) in [6, 6.07) is 5.98. The Morgan fingerprint density at radius 3 is 2.41 bits per heavy atom. The van der Waals surface area contributed by atoms with Gasteiger partial charge in [-0.05, 0) is 38.0 Å². The SMILES string of the molecule is CCCC(C)(C)NCC(O)c1ccc(F)cc1. The second-order valence-corrected chi connectivity index (χ2v) is 5.08. The maximum Gasteiger partial charge on any atom is 0.123 e. The first-order valence-electron chi connectivity index (χ1n) is 6.13. The Bertz CT molecular complexity index is 335. The van der Waals surface area contributed by atoms with Crippen LogP contribution in [0.4, 0.5) is 4.39 Å². The van der Waals surface area contributed by atoms with Crippen LogP contribution in [0.3, 0.4) is 0 Å². The number of β-amino-alcohol motifs (C(OH)–C–C–N with tert-alkyl or cyclic N) is 1. The van der Waals surface area contributed by atoms with E-state index >= 15 is 0 Å². The molecule has 0 aliphatic carbocycles. The Morgan fingerprint density at radius 1 is 1.29 bits per heavy atom. The Labute approximate surface area is 103 Å². The summed E-state index contributed by atoms with van der Waals surface area (Å²) in [7, 11) is 0. The molecule has 0 bridgehead atoms. The van der Waals surface area contributed by atoms with Crippen LogP contribution < -0.4 is 5.32 Å². The van der Waals surface area contributed by atoms with Gasteiger partial charge in [0.05, 0.1) is 6.10 Å². The molecule has 1 unspecified atom stereocenters. The van der Waals surface area contributed by atoms with E-state index in [9.17, 15) is 9.50 Å². The van der Waals surface area contributed by atoms with Crippen LogP contribution in [0.15, 0.2) is 24.3 Å². The van der Waals surface area contributed by atoms with Gasteiger partial charge in [-0.25, -0.2) is 4.39 Å². The van der Waals surface area contributed by atoms with Crippen LogP contribution in [0.5, 0.6) is 0 Å². The van der Waals surface area contributed by atoms with Crippen LogP contribution in [0, 0.1) is 5.82 Å². The average Bonchev–Trinajstić information content (AvgIpc) is 2.27. The Kier molecular flexibility index (Phi) is 5.09. The van der Waals surface area contributed by atoms with Crippen molar-refractivity contribution in [2.45, 2.75) is 45.3 Å². The molecule has 2 N–H and O–H groups in total. The molecule has 0 aliphatic rings. The van der Waals surface area contributed by atoms with Gasteiger partial charge < -0.3 is 10.4 Å². The van der Waals surface area contributed by atoms with Gasteiger partial charge in [0, 0.05) is 12.1 Å². The summed E-state index contributed by atoms with van der Waals surface area (Å²) in [5.41, 5.74) is 0.765. The van der Waals surface area contributed by atoms with Crippen molar-refractivity contribution >= 4 is 0 Å². The molecule has 3 heteroatoms. The topological polar surface area (TPSA) is 32.3 Å². The number of halogens is 1. The molecule has 0 saturated carbocycles. The monoisotopic (exact) mass is 239 g/mol. The zero-order valence-corrected chi connectivity index (χ0v) is 10.8. The predicted octanol–water partition coefficient (Wildman–Crippen LogP) is 3.03. The second kappa shape index (κ2) is 6.12. The van der Waals surface area contributed by atoms with E-state index in [-0.39, 0.29) is 11.4 Å². The van der Waals surface area contributed by atoms with Gasteiger partial charge in [0.15, 0.2) is 0 Å². The summed E-state index contributed by atoms with van der Waals surface area (Å²) < 4.78 is 12.7. The molecule has 0 aliphatic heterocycles. The van der Waals surface area contributed by atoms with Crippen molar-refractivity contribution < 1.29 is 9.50 Å². The lowest BCUT2D eigenvalue weighted by atomic mass is 9.98. The number of benzene rings is 1. The molecule has 17 heavy (non-hydrogen) atoms. The van der Waals surface area contributed by atoms with Crippen molar-refractivity contribution in [3.05, 3.63) is 35.6 Å². The van der Waals surface area contributed by atoms with E-state index in [0.717, 1.165) is 18.4 Å². The van der Waals surface area contributed by atoms with E-state index in [1.165, 1.54) is 12.1 Å². The summed E-state index contributed by atoms with van der Waals surface area (Å²) in [4.78, 5) is 0. The summed E-state index contributed by atoms with van der Waals surface area (Å²) in [6.45, 7) is 6.86. The highest BCUT2D eigenvalue weighted by molar-refractivity contribution is 5.18. The van der Waals surface area contributed by atoms with E-state index < -0.39 is 6.10 Å². The lowest BCUT2D eigenvalue weighted by molar-refractivity contribution is 0.159. The molecule has 0 spiro atoms. The molecule has 0 radical (unpaired) electrons. The minimum Gasteiger partial charge on any atom is -0.387 e. The van der Waals surface area contributed by atoms with Crippen LogP contribution in [0.2, 0.25) is 0 Å². The quantitative estimate of drug-likeness (QED) is 0.799. The van der Waals surface area contributed by atoms with Crippen LogP contribution in [0.25, 0.3) is 0 Å². The molecule has 2 nitrogen and oxygen atoms in total. The van der Waals surface area contributed by atoms with Crippen molar-refractivity contribution in [2.75, 3.05) is 6.54 Å². The molecule has 1 atom stereocenters. The van der Waals surface area contributed by atoms with Gasteiger partial charge >= 0.3 is 0 Å². The minimum atomic E-state index is -0.591. The molecular formula is C14H22FNO. The van der Waals surface area contributed by atoms with Crippen LogP contribution in [-0.4, -0.2) is 17.2 Å². The normalized spacial score (nSPS) is 13.7. The van der Waals surface area contributed by atoms with Crippen molar-refractivity contribution in [2.24, 2.45) is 0 Å². The van der Waals surface area contributed by atoms with E-state index in [0.29, 0.717) is 6.54 Å². The smallest absolute Gasteiger partial charge is 0.123 e. The highest BCUT2D eigenvalue weighted by Gasteiger charge is 2.17. The fraction of sp³-hybridized carbons (Fsp3) is 0.571. The number of aliphatic hydroxyl groups excluding tert-OH is 1. The van der Waals surface area contributed by atoms with Gasteiger partial charge in [0.1, 0.15) is 5.82 Å². The second-order valence-electron chi connectivity index (χ2n) is 5.08. The number of nitrogens with one attached hydrogen (secondary N) is 1. The molecule has 0 fully saturated rings. The minimum absolute atomic E-state index is 0.0236. The van der Waals surface area contributed by atoms with Crippen LogP contribution in [-0.2, 0) is 0 Å². The molecular weight excluding hydrogens is 217 g/mol. The van der Waals surface area contributed by atoms with Crippen molar-refractivity contribution in [1.29, 1.82) is 0 Å². The average molecular weight is 239 g/mol. The number of rotatable bonds is 6. The Balaban J connectivity index is 2.49. The molecule has 1 aromatic carbocycles. The molecule has 96 valence electrons. The van der Waals surface area contributed by atoms with Crippen molar-refractivity contribution in [3.63, 3.8) is 0 Å². The molecule has 0 heterocycles. The summed E-state index contributed by atoms with van der Waals surface area (Å²) in [5, 5.41) is 13.3. The molecule has 1 rings (SSSR count). The first kappa shape index (κ1) is 14.1. The fourth-order valence-corrected chi connectivity index (χ4v) is 1.89. The maximum absolute atomic E-state index is 12.7. The predicted molar refractivity (Wildman–Crippen MR) is 68.3 cm³/mol. The van der Waals surface area contributed by atoms with Crippen molar-refractivity contribution in [1.82, 2.24) is 5.32 Å². The highest BCUT2D eigenvalue weighted by Crippen LogP contribution is 2.16. The van der Waals surface area contributed by atoms with E-state index in [1.807, 2.05) is 0 Å². The highest BCUT2D eigenvalue weighted by atomic mass is 19.1. The molecule has 1 aromatic rings. The van der Waals surface area contributed by atoms with E-state index in [2.05, 4.69) is 26.1 Å². The maximum atomic E-state index is 12.7. The van der Waals surface area contributed by atoms with Crippen LogP contribution in [0.1, 0.15) is 45.3 Å². The first-order valence-corrected chi connectivity index (χ1v) is 6.13. The summed E-state index contributed by atoms with van der Waals surface area (Å²) >= 11 is 0. The van der Waals surface area contributed by atoms with Gasteiger partial charge in [-0.15, -0.1) is 0 Å². The standard InChI is InChI=1S/C14H22FNO/c1-4-9-14(2,3)16-10-13(17)11-5-7-12(15)8-6-11/h5-8,13,16-17H,4,9-10H2,1-3H3. The van der Waals surface area contributed by atoms with Gasteiger partial charge in [-0.1, -0.05) is 25.5 Å². The lowest BCUT2D eigenvalue weighted by Gasteiger charge is -2.27. The third-order valence-electron chi connectivity index (χ3n) is 2.90. The molecule has 0 amide bonds. The van der Waals surface area contributed by atoms with Gasteiger partial charge in [0.25, 0.3) is 0 Å². The third-order valence-corrected chi connectivity index (χ3v) is 2.90. The number of aliphatic hydroxyl groups is 1. The Hall–Kier alpha value is -0.930. The fourth-order valence-electron chi connectivity index (χ4n) is 1.89. The summed E-state index contributed by atoms with van der Waals surface area (Å²) in [5.74, 6) is -0.278. The van der Waals surface area contributed by atoms with Gasteiger partial charge in [0.2, 0.25) is 0 Å². The van der Waals surface area contributed by atoms with Crippen molar-refractivity contribution in [3.8, 4) is 0 Å². The first-order chi connectivity index (χ1) is 7.94. The van der Waals surface area contributed by atoms with Gasteiger partial charge in [-0.2, -0.15) is 0 Å².